The smallest absolute Gasteiger partial charge is 0.155 e. The molecule has 1 rings (SSSR count). The van der Waals surface area contributed by atoms with Crippen molar-refractivity contribution in [1.29, 1.82) is 0 Å². The third-order valence-corrected chi connectivity index (χ3v) is 2.41. The molecule has 0 aromatic heterocycles. The van der Waals surface area contributed by atoms with Gasteiger partial charge < -0.3 is 0 Å². The molecule has 0 amide bonds. The fourth-order valence-corrected chi connectivity index (χ4v) is 1.63. The SMILES string of the molecule is CCCCCCC1=CC(=O)CC1. The van der Waals surface area contributed by atoms with Crippen LogP contribution < -0.4 is 0 Å². The second kappa shape index (κ2) is 5.13. The maximum Gasteiger partial charge on any atom is 0.155 e. The zero-order chi connectivity index (χ0) is 8.81. The molecule has 1 aliphatic carbocycles. The van der Waals surface area contributed by atoms with Crippen LogP contribution in [0.1, 0.15) is 51.9 Å². The number of rotatable bonds is 5. The van der Waals surface area contributed by atoms with Crippen molar-refractivity contribution < 1.29 is 4.79 Å². The Labute approximate surface area is 74.9 Å². The fourth-order valence-electron chi connectivity index (χ4n) is 1.63. The van der Waals surface area contributed by atoms with Crippen LogP contribution in [0, 0.1) is 0 Å². The number of carbonyl (C=O) groups is 1. The lowest BCUT2D eigenvalue weighted by Crippen LogP contribution is -1.80. The maximum atomic E-state index is 10.9. The number of carbonyl (C=O) groups excluding carboxylic acids is 1. The lowest BCUT2D eigenvalue weighted by atomic mass is 10.1. The van der Waals surface area contributed by atoms with E-state index in [2.05, 4.69) is 6.92 Å². The second-order valence-corrected chi connectivity index (χ2v) is 3.58. The highest BCUT2D eigenvalue weighted by Crippen LogP contribution is 2.20. The van der Waals surface area contributed by atoms with Crippen LogP contribution in [0.3, 0.4) is 0 Å². The highest BCUT2D eigenvalue weighted by Gasteiger charge is 2.10. The molecule has 1 aliphatic rings. The quantitative estimate of drug-likeness (QED) is 0.573. The number of hydrogen-bond donors (Lipinski definition) is 0. The summed E-state index contributed by atoms with van der Waals surface area (Å²) in [6.07, 6.45) is 10.0. The average Bonchev–Trinajstić information content (AvgIpc) is 2.45. The summed E-state index contributed by atoms with van der Waals surface area (Å²) in [4.78, 5) is 10.9. The van der Waals surface area contributed by atoms with Crippen molar-refractivity contribution in [2.24, 2.45) is 0 Å². The van der Waals surface area contributed by atoms with E-state index in [1.165, 1.54) is 31.3 Å². The normalized spacial score (nSPS) is 16.8. The van der Waals surface area contributed by atoms with E-state index in [9.17, 15) is 4.79 Å². The first-order valence-corrected chi connectivity index (χ1v) is 5.05. The molecule has 0 spiro atoms. The predicted octanol–water partition coefficient (Wildman–Crippen LogP) is 3.25. The Morgan fingerprint density at radius 2 is 2.08 bits per heavy atom. The van der Waals surface area contributed by atoms with Crippen LogP contribution in [-0.2, 0) is 4.79 Å². The van der Waals surface area contributed by atoms with E-state index in [1.807, 2.05) is 6.08 Å². The molecule has 0 aliphatic heterocycles. The van der Waals surface area contributed by atoms with Gasteiger partial charge in [0.1, 0.15) is 0 Å². The summed E-state index contributed by atoms with van der Waals surface area (Å²) < 4.78 is 0. The zero-order valence-electron chi connectivity index (χ0n) is 7.94. The average molecular weight is 166 g/mol. The third-order valence-electron chi connectivity index (χ3n) is 2.41. The van der Waals surface area contributed by atoms with E-state index in [1.54, 1.807) is 0 Å². The van der Waals surface area contributed by atoms with Gasteiger partial charge in [-0.3, -0.25) is 4.79 Å². The molecule has 12 heavy (non-hydrogen) atoms. The minimum absolute atomic E-state index is 0.334. The third kappa shape index (κ3) is 3.21. The fraction of sp³-hybridized carbons (Fsp3) is 0.727. The molecule has 0 saturated carbocycles. The monoisotopic (exact) mass is 166 g/mol. The van der Waals surface area contributed by atoms with Gasteiger partial charge in [0.25, 0.3) is 0 Å². The van der Waals surface area contributed by atoms with Gasteiger partial charge in [0.15, 0.2) is 5.78 Å². The van der Waals surface area contributed by atoms with Crippen LogP contribution in [0.25, 0.3) is 0 Å². The minimum atomic E-state index is 0.334. The van der Waals surface area contributed by atoms with Crippen LogP contribution in [0.4, 0.5) is 0 Å². The lowest BCUT2D eigenvalue weighted by molar-refractivity contribution is -0.114. The van der Waals surface area contributed by atoms with E-state index < -0.39 is 0 Å². The summed E-state index contributed by atoms with van der Waals surface area (Å²) >= 11 is 0. The molecule has 0 heterocycles. The zero-order valence-corrected chi connectivity index (χ0v) is 7.94. The molecular weight excluding hydrogens is 148 g/mol. The highest BCUT2D eigenvalue weighted by atomic mass is 16.1. The summed E-state index contributed by atoms with van der Waals surface area (Å²) in [6, 6.07) is 0. The summed E-state index contributed by atoms with van der Waals surface area (Å²) in [5.41, 5.74) is 1.39. The summed E-state index contributed by atoms with van der Waals surface area (Å²) in [7, 11) is 0. The van der Waals surface area contributed by atoms with Crippen molar-refractivity contribution in [1.82, 2.24) is 0 Å². The first-order chi connectivity index (χ1) is 5.83. The van der Waals surface area contributed by atoms with E-state index in [0.717, 1.165) is 19.3 Å². The number of unbranched alkanes of at least 4 members (excludes halogenated alkanes) is 3. The van der Waals surface area contributed by atoms with Crippen molar-refractivity contribution in [3.05, 3.63) is 11.6 Å². The van der Waals surface area contributed by atoms with Gasteiger partial charge in [-0.25, -0.2) is 0 Å². The van der Waals surface area contributed by atoms with Gasteiger partial charge in [0.2, 0.25) is 0 Å². The van der Waals surface area contributed by atoms with Crippen LogP contribution in [0.15, 0.2) is 11.6 Å². The molecule has 0 aromatic carbocycles. The van der Waals surface area contributed by atoms with E-state index in [4.69, 9.17) is 0 Å². The van der Waals surface area contributed by atoms with Crippen LogP contribution in [0.5, 0.6) is 0 Å². The first-order valence-electron chi connectivity index (χ1n) is 5.05. The van der Waals surface area contributed by atoms with Crippen LogP contribution >= 0.6 is 0 Å². The molecular formula is C11H18O. The van der Waals surface area contributed by atoms with Gasteiger partial charge >= 0.3 is 0 Å². The first kappa shape index (κ1) is 9.50. The maximum absolute atomic E-state index is 10.9. The Morgan fingerprint density at radius 1 is 1.25 bits per heavy atom. The largest absolute Gasteiger partial charge is 0.295 e. The summed E-state index contributed by atoms with van der Waals surface area (Å²) in [6.45, 7) is 2.22. The number of allylic oxidation sites excluding steroid dienone is 2. The van der Waals surface area contributed by atoms with Crippen molar-refractivity contribution >= 4 is 5.78 Å². The second-order valence-electron chi connectivity index (χ2n) is 3.58. The van der Waals surface area contributed by atoms with Gasteiger partial charge in [-0.05, 0) is 25.3 Å². The molecule has 0 atom stereocenters. The number of ketones is 1. The molecule has 0 saturated heterocycles. The molecule has 0 N–H and O–H groups in total. The van der Waals surface area contributed by atoms with Crippen LogP contribution in [0.2, 0.25) is 0 Å². The standard InChI is InChI=1S/C11H18O/c1-2-3-4-5-6-10-7-8-11(12)9-10/h9H,2-8H2,1H3. The molecule has 0 unspecified atom stereocenters. The number of hydrogen-bond acceptors (Lipinski definition) is 1. The highest BCUT2D eigenvalue weighted by molar-refractivity contribution is 5.92. The van der Waals surface area contributed by atoms with Crippen molar-refractivity contribution in [2.75, 3.05) is 0 Å². The molecule has 0 radical (unpaired) electrons. The van der Waals surface area contributed by atoms with Gasteiger partial charge in [0.05, 0.1) is 0 Å². The van der Waals surface area contributed by atoms with Gasteiger partial charge in [-0.1, -0.05) is 31.8 Å². The van der Waals surface area contributed by atoms with E-state index >= 15 is 0 Å². The molecule has 0 fully saturated rings. The van der Waals surface area contributed by atoms with Crippen LogP contribution in [-0.4, -0.2) is 5.78 Å². The molecule has 0 aromatic rings. The lowest BCUT2D eigenvalue weighted by Gasteiger charge is -1.99. The predicted molar refractivity (Wildman–Crippen MR) is 51.1 cm³/mol. The Bertz CT molecular complexity index is 179. The molecule has 1 nitrogen and oxygen atoms in total. The topological polar surface area (TPSA) is 17.1 Å². The molecule has 1 heteroatoms. The summed E-state index contributed by atoms with van der Waals surface area (Å²) in [5.74, 6) is 0.334. The summed E-state index contributed by atoms with van der Waals surface area (Å²) in [5, 5.41) is 0. The van der Waals surface area contributed by atoms with Crippen molar-refractivity contribution in [3.8, 4) is 0 Å². The van der Waals surface area contributed by atoms with Gasteiger partial charge in [-0.15, -0.1) is 0 Å². The van der Waals surface area contributed by atoms with E-state index in [0.29, 0.717) is 5.78 Å². The van der Waals surface area contributed by atoms with Gasteiger partial charge in [0, 0.05) is 6.42 Å². The Balaban J connectivity index is 2.07. The van der Waals surface area contributed by atoms with Gasteiger partial charge in [-0.2, -0.15) is 0 Å². The Kier molecular flexibility index (Phi) is 4.06. The van der Waals surface area contributed by atoms with Crippen molar-refractivity contribution in [3.63, 3.8) is 0 Å². The minimum Gasteiger partial charge on any atom is -0.295 e. The van der Waals surface area contributed by atoms with E-state index in [-0.39, 0.29) is 0 Å². The molecule has 68 valence electrons. The molecule has 0 bridgehead atoms. The Morgan fingerprint density at radius 3 is 2.67 bits per heavy atom. The van der Waals surface area contributed by atoms with Crippen molar-refractivity contribution in [2.45, 2.75) is 51.9 Å². The Hall–Kier alpha value is -0.590.